The number of carbonyl (C=O) groups is 2. The molecular formula is C14H25NO3. The van der Waals surface area contributed by atoms with Gasteiger partial charge < -0.3 is 10.0 Å². The molecule has 18 heavy (non-hydrogen) atoms. The van der Waals surface area contributed by atoms with E-state index in [2.05, 4.69) is 6.92 Å². The van der Waals surface area contributed by atoms with Gasteiger partial charge in [-0.1, -0.05) is 45.4 Å². The molecule has 104 valence electrons. The van der Waals surface area contributed by atoms with Gasteiger partial charge in [-0.25, -0.2) is 4.79 Å². The number of likely N-dealkylation sites (tertiary alicyclic amines) is 1. The summed E-state index contributed by atoms with van der Waals surface area (Å²) < 4.78 is 0. The maximum atomic E-state index is 11.6. The fourth-order valence-electron chi connectivity index (χ4n) is 2.51. The van der Waals surface area contributed by atoms with Crippen LogP contribution in [0.15, 0.2) is 0 Å². The lowest BCUT2D eigenvalue weighted by atomic mass is 10.1. The fourth-order valence-corrected chi connectivity index (χ4v) is 2.51. The van der Waals surface area contributed by atoms with Crippen molar-refractivity contribution in [1.29, 1.82) is 0 Å². The van der Waals surface area contributed by atoms with Crippen LogP contribution in [0.25, 0.3) is 0 Å². The minimum Gasteiger partial charge on any atom is -0.480 e. The number of carbonyl (C=O) groups excluding carboxylic acids is 1. The van der Waals surface area contributed by atoms with Crippen LogP contribution < -0.4 is 0 Å². The van der Waals surface area contributed by atoms with Crippen molar-refractivity contribution in [3.05, 3.63) is 0 Å². The van der Waals surface area contributed by atoms with E-state index in [1.165, 1.54) is 32.1 Å². The molecule has 0 unspecified atom stereocenters. The lowest BCUT2D eigenvalue weighted by Gasteiger charge is -2.21. The van der Waals surface area contributed by atoms with Gasteiger partial charge in [0.2, 0.25) is 5.91 Å². The summed E-state index contributed by atoms with van der Waals surface area (Å²) in [7, 11) is 0. The summed E-state index contributed by atoms with van der Waals surface area (Å²) in [5, 5.41) is 9.01. The smallest absolute Gasteiger partial charge is 0.326 e. The Morgan fingerprint density at radius 3 is 2.44 bits per heavy atom. The number of hydrogen-bond acceptors (Lipinski definition) is 2. The SMILES string of the molecule is CCCCCCCCCN1C(=O)CC[C@H]1C(=O)O. The van der Waals surface area contributed by atoms with Gasteiger partial charge in [0, 0.05) is 13.0 Å². The molecule has 4 heteroatoms. The first kappa shape index (κ1) is 15.0. The first-order valence-corrected chi connectivity index (χ1v) is 7.19. The van der Waals surface area contributed by atoms with Gasteiger partial charge in [0.25, 0.3) is 0 Å². The highest BCUT2D eigenvalue weighted by Crippen LogP contribution is 2.20. The molecule has 0 aliphatic carbocycles. The van der Waals surface area contributed by atoms with Crippen LogP contribution in [-0.2, 0) is 9.59 Å². The van der Waals surface area contributed by atoms with E-state index in [1.54, 1.807) is 4.90 Å². The Balaban J connectivity index is 2.13. The van der Waals surface area contributed by atoms with Crippen molar-refractivity contribution in [1.82, 2.24) is 4.90 Å². The molecule has 1 amide bonds. The molecule has 1 heterocycles. The Kier molecular flexibility index (Phi) is 6.76. The number of hydrogen-bond donors (Lipinski definition) is 1. The first-order chi connectivity index (χ1) is 8.66. The van der Waals surface area contributed by atoms with Crippen LogP contribution in [-0.4, -0.2) is 34.5 Å². The molecule has 1 fully saturated rings. The van der Waals surface area contributed by atoms with E-state index in [-0.39, 0.29) is 5.91 Å². The number of carboxylic acids is 1. The largest absolute Gasteiger partial charge is 0.480 e. The molecule has 0 bridgehead atoms. The van der Waals surface area contributed by atoms with E-state index in [1.807, 2.05) is 0 Å². The van der Waals surface area contributed by atoms with Gasteiger partial charge in [0.15, 0.2) is 0 Å². The van der Waals surface area contributed by atoms with Crippen molar-refractivity contribution in [2.45, 2.75) is 70.8 Å². The topological polar surface area (TPSA) is 57.6 Å². The maximum absolute atomic E-state index is 11.6. The van der Waals surface area contributed by atoms with E-state index in [0.717, 1.165) is 12.8 Å². The molecule has 0 saturated carbocycles. The number of rotatable bonds is 9. The highest BCUT2D eigenvalue weighted by atomic mass is 16.4. The summed E-state index contributed by atoms with van der Waals surface area (Å²) in [6.07, 6.45) is 9.19. The Morgan fingerprint density at radius 1 is 1.22 bits per heavy atom. The minimum absolute atomic E-state index is 0.00776. The van der Waals surface area contributed by atoms with E-state index in [0.29, 0.717) is 19.4 Å². The predicted octanol–water partition coefficient (Wildman–Crippen LogP) is 2.81. The summed E-state index contributed by atoms with van der Waals surface area (Å²) in [5.41, 5.74) is 0. The van der Waals surface area contributed by atoms with Crippen LogP contribution in [0.5, 0.6) is 0 Å². The van der Waals surface area contributed by atoms with Crippen LogP contribution in [0, 0.1) is 0 Å². The van der Waals surface area contributed by atoms with Crippen LogP contribution in [0.3, 0.4) is 0 Å². The molecule has 0 aromatic heterocycles. The quantitative estimate of drug-likeness (QED) is 0.644. The van der Waals surface area contributed by atoms with Crippen molar-refractivity contribution < 1.29 is 14.7 Å². The number of unbranched alkanes of at least 4 members (excludes halogenated alkanes) is 6. The molecule has 1 N–H and O–H groups in total. The van der Waals surface area contributed by atoms with Crippen molar-refractivity contribution in [3.63, 3.8) is 0 Å². The second-order valence-corrected chi connectivity index (χ2v) is 5.10. The van der Waals surface area contributed by atoms with Gasteiger partial charge in [0.1, 0.15) is 6.04 Å². The summed E-state index contributed by atoms with van der Waals surface area (Å²) in [5.74, 6) is -0.850. The van der Waals surface area contributed by atoms with E-state index in [9.17, 15) is 9.59 Å². The maximum Gasteiger partial charge on any atom is 0.326 e. The standard InChI is InChI=1S/C14H25NO3/c1-2-3-4-5-6-7-8-11-15-12(14(17)18)9-10-13(15)16/h12H,2-11H2,1H3,(H,17,18)/t12-/m0/s1. The summed E-state index contributed by atoms with van der Waals surface area (Å²) in [6, 6.07) is -0.572. The van der Waals surface area contributed by atoms with Crippen molar-refractivity contribution in [3.8, 4) is 0 Å². The molecule has 0 spiro atoms. The molecule has 1 atom stereocenters. The third-order valence-electron chi connectivity index (χ3n) is 3.62. The highest BCUT2D eigenvalue weighted by molar-refractivity contribution is 5.87. The molecule has 4 nitrogen and oxygen atoms in total. The van der Waals surface area contributed by atoms with Crippen molar-refractivity contribution >= 4 is 11.9 Å². The van der Waals surface area contributed by atoms with Gasteiger partial charge in [-0.2, -0.15) is 0 Å². The lowest BCUT2D eigenvalue weighted by molar-refractivity contribution is -0.146. The van der Waals surface area contributed by atoms with E-state index in [4.69, 9.17) is 5.11 Å². The molecular weight excluding hydrogens is 230 g/mol. The Hall–Kier alpha value is -1.06. The zero-order valence-corrected chi connectivity index (χ0v) is 11.4. The van der Waals surface area contributed by atoms with E-state index < -0.39 is 12.0 Å². The lowest BCUT2D eigenvalue weighted by Crippen LogP contribution is -2.39. The Labute approximate surface area is 109 Å². The summed E-state index contributed by atoms with van der Waals surface area (Å²) >= 11 is 0. The zero-order valence-electron chi connectivity index (χ0n) is 11.4. The number of nitrogens with zero attached hydrogens (tertiary/aromatic N) is 1. The average Bonchev–Trinajstić information content (AvgIpc) is 2.70. The van der Waals surface area contributed by atoms with Gasteiger partial charge in [-0.05, 0) is 12.8 Å². The van der Waals surface area contributed by atoms with Gasteiger partial charge in [0.05, 0.1) is 0 Å². The summed E-state index contributed by atoms with van der Waals surface area (Å²) in [6.45, 7) is 2.81. The molecule has 1 rings (SSSR count). The molecule has 1 saturated heterocycles. The number of amides is 1. The predicted molar refractivity (Wildman–Crippen MR) is 70.4 cm³/mol. The molecule has 0 aromatic carbocycles. The minimum atomic E-state index is -0.858. The van der Waals surface area contributed by atoms with Gasteiger partial charge in [-0.15, -0.1) is 0 Å². The molecule has 1 aliphatic heterocycles. The molecule has 1 aliphatic rings. The Morgan fingerprint density at radius 2 is 1.83 bits per heavy atom. The van der Waals surface area contributed by atoms with Crippen molar-refractivity contribution in [2.24, 2.45) is 0 Å². The third-order valence-corrected chi connectivity index (χ3v) is 3.62. The second kappa shape index (κ2) is 8.11. The Bertz CT molecular complexity index is 278. The average molecular weight is 255 g/mol. The van der Waals surface area contributed by atoms with Gasteiger partial charge in [-0.3, -0.25) is 4.79 Å². The van der Waals surface area contributed by atoms with Crippen LogP contribution >= 0.6 is 0 Å². The zero-order chi connectivity index (χ0) is 13.4. The summed E-state index contributed by atoms with van der Waals surface area (Å²) in [4.78, 5) is 24.1. The second-order valence-electron chi connectivity index (χ2n) is 5.10. The normalized spacial score (nSPS) is 19.5. The number of carboxylic acid groups (broad SMARTS) is 1. The van der Waals surface area contributed by atoms with Crippen LogP contribution in [0.4, 0.5) is 0 Å². The van der Waals surface area contributed by atoms with Crippen LogP contribution in [0.1, 0.15) is 64.7 Å². The fraction of sp³-hybridized carbons (Fsp3) is 0.857. The highest BCUT2D eigenvalue weighted by Gasteiger charge is 2.35. The van der Waals surface area contributed by atoms with Crippen molar-refractivity contribution in [2.75, 3.05) is 6.54 Å². The third kappa shape index (κ3) is 4.67. The van der Waals surface area contributed by atoms with E-state index >= 15 is 0 Å². The molecule has 0 radical (unpaired) electrons. The first-order valence-electron chi connectivity index (χ1n) is 7.19. The monoisotopic (exact) mass is 255 g/mol. The number of aliphatic carboxylic acids is 1. The molecule has 0 aromatic rings. The van der Waals surface area contributed by atoms with Crippen LogP contribution in [0.2, 0.25) is 0 Å². The van der Waals surface area contributed by atoms with Gasteiger partial charge >= 0.3 is 5.97 Å².